The molecule has 0 atom stereocenters. The first-order valence-corrected chi connectivity index (χ1v) is 5.82. The van der Waals surface area contributed by atoms with E-state index in [1.54, 1.807) is 24.3 Å². The molecular formula is C13H8BrFN2O. The second-order valence-electron chi connectivity index (χ2n) is 3.54. The standard InChI is InChI=1S/C13H8BrFN2O/c14-10-3-2-9(6-11(10)15)18-13-4-1-8(7-16)5-12(13)17/h1-6H,17H2. The highest BCUT2D eigenvalue weighted by molar-refractivity contribution is 9.10. The first kappa shape index (κ1) is 12.4. The number of nitrogens with zero attached hydrogens (tertiary/aromatic N) is 1. The zero-order valence-electron chi connectivity index (χ0n) is 9.15. The summed E-state index contributed by atoms with van der Waals surface area (Å²) >= 11 is 3.06. The lowest BCUT2D eigenvalue weighted by Crippen LogP contribution is -1.93. The molecule has 18 heavy (non-hydrogen) atoms. The minimum Gasteiger partial charge on any atom is -0.455 e. The molecule has 5 heteroatoms. The van der Waals surface area contributed by atoms with E-state index in [9.17, 15) is 4.39 Å². The Hall–Kier alpha value is -2.06. The maximum Gasteiger partial charge on any atom is 0.150 e. The molecule has 90 valence electrons. The fourth-order valence-corrected chi connectivity index (χ4v) is 1.62. The molecule has 0 fully saturated rings. The molecule has 0 saturated carbocycles. The number of anilines is 1. The first-order valence-electron chi connectivity index (χ1n) is 5.02. The van der Waals surface area contributed by atoms with Crippen LogP contribution in [-0.2, 0) is 0 Å². The number of rotatable bonds is 2. The van der Waals surface area contributed by atoms with Gasteiger partial charge in [0, 0.05) is 6.07 Å². The molecule has 0 aliphatic rings. The van der Waals surface area contributed by atoms with Crippen molar-refractivity contribution in [3.63, 3.8) is 0 Å². The van der Waals surface area contributed by atoms with Crippen molar-refractivity contribution in [1.29, 1.82) is 5.26 Å². The van der Waals surface area contributed by atoms with E-state index in [4.69, 9.17) is 15.7 Å². The van der Waals surface area contributed by atoms with E-state index in [1.807, 2.05) is 6.07 Å². The van der Waals surface area contributed by atoms with Crippen LogP contribution in [0.5, 0.6) is 11.5 Å². The van der Waals surface area contributed by atoms with Gasteiger partial charge in [0.2, 0.25) is 0 Å². The topological polar surface area (TPSA) is 59.0 Å². The van der Waals surface area contributed by atoms with Gasteiger partial charge in [0.05, 0.1) is 21.8 Å². The Morgan fingerprint density at radius 1 is 1.22 bits per heavy atom. The minimum atomic E-state index is -0.417. The number of benzene rings is 2. The van der Waals surface area contributed by atoms with Crippen LogP contribution in [0.15, 0.2) is 40.9 Å². The van der Waals surface area contributed by atoms with Gasteiger partial charge in [-0.15, -0.1) is 0 Å². The van der Waals surface area contributed by atoms with Crippen LogP contribution in [0.1, 0.15) is 5.56 Å². The van der Waals surface area contributed by atoms with E-state index in [-0.39, 0.29) is 0 Å². The van der Waals surface area contributed by atoms with Crippen molar-refractivity contribution in [3.05, 3.63) is 52.3 Å². The molecule has 0 aliphatic carbocycles. The molecule has 0 radical (unpaired) electrons. The van der Waals surface area contributed by atoms with Gasteiger partial charge in [-0.05, 0) is 46.3 Å². The van der Waals surface area contributed by atoms with Crippen LogP contribution in [0.4, 0.5) is 10.1 Å². The number of nitrogens with two attached hydrogens (primary N) is 1. The second kappa shape index (κ2) is 5.07. The lowest BCUT2D eigenvalue weighted by atomic mass is 10.2. The number of nitrogen functional groups attached to an aromatic ring is 1. The molecular weight excluding hydrogens is 299 g/mol. The summed E-state index contributed by atoms with van der Waals surface area (Å²) in [5.41, 5.74) is 6.51. The molecule has 3 nitrogen and oxygen atoms in total. The van der Waals surface area contributed by atoms with Gasteiger partial charge in [-0.25, -0.2) is 4.39 Å². The number of ether oxygens (including phenoxy) is 1. The summed E-state index contributed by atoms with van der Waals surface area (Å²) in [7, 11) is 0. The Morgan fingerprint density at radius 3 is 2.61 bits per heavy atom. The Labute approximate surface area is 112 Å². The van der Waals surface area contributed by atoms with E-state index in [0.29, 0.717) is 27.2 Å². The Kier molecular flexibility index (Phi) is 3.49. The van der Waals surface area contributed by atoms with E-state index in [0.717, 1.165) is 0 Å². The molecule has 0 heterocycles. The Morgan fingerprint density at radius 2 is 2.00 bits per heavy atom. The number of hydrogen-bond donors (Lipinski definition) is 1. The van der Waals surface area contributed by atoms with Crippen LogP contribution in [0.3, 0.4) is 0 Å². The largest absolute Gasteiger partial charge is 0.455 e. The summed E-state index contributed by atoms with van der Waals surface area (Å²) in [6.07, 6.45) is 0. The first-order chi connectivity index (χ1) is 8.60. The molecule has 0 amide bonds. The molecule has 2 N–H and O–H groups in total. The van der Waals surface area contributed by atoms with Gasteiger partial charge in [-0.1, -0.05) is 0 Å². The van der Waals surface area contributed by atoms with Crippen molar-refractivity contribution in [3.8, 4) is 17.6 Å². The maximum absolute atomic E-state index is 13.3. The zero-order valence-corrected chi connectivity index (χ0v) is 10.7. The smallest absolute Gasteiger partial charge is 0.150 e. The van der Waals surface area contributed by atoms with Crippen molar-refractivity contribution < 1.29 is 9.13 Å². The van der Waals surface area contributed by atoms with Crippen molar-refractivity contribution in [2.45, 2.75) is 0 Å². The van der Waals surface area contributed by atoms with Crippen LogP contribution in [0, 0.1) is 17.1 Å². The van der Waals surface area contributed by atoms with Crippen molar-refractivity contribution in [2.75, 3.05) is 5.73 Å². The lowest BCUT2D eigenvalue weighted by molar-refractivity contribution is 0.478. The van der Waals surface area contributed by atoms with Crippen LogP contribution in [0.2, 0.25) is 0 Å². The van der Waals surface area contributed by atoms with Crippen molar-refractivity contribution in [1.82, 2.24) is 0 Å². The predicted octanol–water partition coefficient (Wildman–Crippen LogP) is 3.83. The molecule has 0 aliphatic heterocycles. The Balaban J connectivity index is 2.29. The van der Waals surface area contributed by atoms with Gasteiger partial charge in [-0.3, -0.25) is 0 Å². The average molecular weight is 307 g/mol. The van der Waals surface area contributed by atoms with E-state index >= 15 is 0 Å². The van der Waals surface area contributed by atoms with Crippen molar-refractivity contribution >= 4 is 21.6 Å². The molecule has 0 spiro atoms. The van der Waals surface area contributed by atoms with E-state index in [2.05, 4.69) is 15.9 Å². The Bertz CT molecular complexity index is 637. The zero-order chi connectivity index (χ0) is 13.1. The van der Waals surface area contributed by atoms with Gasteiger partial charge < -0.3 is 10.5 Å². The normalized spacial score (nSPS) is 9.83. The van der Waals surface area contributed by atoms with Crippen LogP contribution >= 0.6 is 15.9 Å². The molecule has 0 bridgehead atoms. The highest BCUT2D eigenvalue weighted by Gasteiger charge is 2.06. The average Bonchev–Trinajstić information content (AvgIpc) is 2.36. The van der Waals surface area contributed by atoms with Gasteiger partial charge in [-0.2, -0.15) is 5.26 Å². The summed E-state index contributed by atoms with van der Waals surface area (Å²) in [4.78, 5) is 0. The third kappa shape index (κ3) is 2.60. The van der Waals surface area contributed by atoms with Gasteiger partial charge >= 0.3 is 0 Å². The summed E-state index contributed by atoms with van der Waals surface area (Å²) in [5, 5.41) is 8.71. The van der Waals surface area contributed by atoms with Gasteiger partial charge in [0.25, 0.3) is 0 Å². The molecule has 2 rings (SSSR count). The SMILES string of the molecule is N#Cc1ccc(Oc2ccc(Br)c(F)c2)c(N)c1. The van der Waals surface area contributed by atoms with E-state index in [1.165, 1.54) is 12.1 Å². The summed E-state index contributed by atoms with van der Waals surface area (Å²) in [5.74, 6) is 0.308. The highest BCUT2D eigenvalue weighted by atomic mass is 79.9. The third-order valence-corrected chi connectivity index (χ3v) is 2.90. The quantitative estimate of drug-likeness (QED) is 0.858. The highest BCUT2D eigenvalue weighted by Crippen LogP contribution is 2.29. The fourth-order valence-electron chi connectivity index (χ4n) is 1.38. The number of nitriles is 1. The van der Waals surface area contributed by atoms with Crippen molar-refractivity contribution in [2.24, 2.45) is 0 Å². The predicted molar refractivity (Wildman–Crippen MR) is 69.7 cm³/mol. The summed E-state index contributed by atoms with van der Waals surface area (Å²) < 4.78 is 19.1. The summed E-state index contributed by atoms with van der Waals surface area (Å²) in [6, 6.07) is 11.1. The lowest BCUT2D eigenvalue weighted by Gasteiger charge is -2.08. The molecule has 2 aromatic carbocycles. The van der Waals surface area contributed by atoms with E-state index < -0.39 is 5.82 Å². The minimum absolute atomic E-state index is 0.331. The number of halogens is 2. The molecule has 2 aromatic rings. The third-order valence-electron chi connectivity index (χ3n) is 2.26. The maximum atomic E-state index is 13.3. The fraction of sp³-hybridized carbons (Fsp3) is 0. The molecule has 0 unspecified atom stereocenters. The number of hydrogen-bond acceptors (Lipinski definition) is 3. The second-order valence-corrected chi connectivity index (χ2v) is 4.40. The molecule has 0 saturated heterocycles. The monoisotopic (exact) mass is 306 g/mol. The van der Waals surface area contributed by atoms with Gasteiger partial charge in [0.1, 0.15) is 17.3 Å². The van der Waals surface area contributed by atoms with Gasteiger partial charge in [0.15, 0.2) is 0 Å². The van der Waals surface area contributed by atoms with Crippen LogP contribution in [-0.4, -0.2) is 0 Å². The van der Waals surface area contributed by atoms with Crippen LogP contribution in [0.25, 0.3) is 0 Å². The summed E-state index contributed by atoms with van der Waals surface area (Å²) in [6.45, 7) is 0. The van der Waals surface area contributed by atoms with Crippen LogP contribution < -0.4 is 10.5 Å². The molecule has 0 aromatic heterocycles.